The molecule has 1 heterocycles. The highest BCUT2D eigenvalue weighted by Crippen LogP contribution is 2.45. The number of nitrogens with zero attached hydrogens (tertiary/aromatic N) is 1. The summed E-state index contributed by atoms with van der Waals surface area (Å²) >= 11 is 0. The number of hydrogen-bond donors (Lipinski definition) is 1. The molecule has 1 saturated carbocycles. The summed E-state index contributed by atoms with van der Waals surface area (Å²) in [5.41, 5.74) is -1.14. The number of halogens is 3. The summed E-state index contributed by atoms with van der Waals surface area (Å²) in [4.78, 5) is 13.6. The van der Waals surface area contributed by atoms with E-state index in [-0.39, 0.29) is 25.6 Å². The Hall–Kier alpha value is -0.830. The fourth-order valence-electron chi connectivity index (χ4n) is 4.10. The topological polar surface area (TPSA) is 66.5 Å². The van der Waals surface area contributed by atoms with Crippen molar-refractivity contribution in [3.63, 3.8) is 0 Å². The van der Waals surface area contributed by atoms with Gasteiger partial charge >= 0.3 is 6.18 Å². The van der Waals surface area contributed by atoms with Crippen molar-refractivity contribution in [2.24, 2.45) is 17.3 Å². The molecule has 0 radical (unpaired) electrons. The normalized spacial score (nSPS) is 30.2. The number of rotatable bonds is 4. The number of sulfonamides is 1. The lowest BCUT2D eigenvalue weighted by atomic mass is 9.73. The SMILES string of the molecule is CC1CCC(NS(=O)(=O)CC(=O)N2CCC(C(F)(F)F)C(C)(C)C2)CC1. The quantitative estimate of drug-likeness (QED) is 0.792. The largest absolute Gasteiger partial charge is 0.392 e. The van der Waals surface area contributed by atoms with E-state index in [2.05, 4.69) is 11.6 Å². The number of carbonyl (C=O) groups is 1. The highest BCUT2D eigenvalue weighted by atomic mass is 32.2. The van der Waals surface area contributed by atoms with Crippen LogP contribution in [0.15, 0.2) is 0 Å². The first-order valence-corrected chi connectivity index (χ1v) is 10.8. The summed E-state index contributed by atoms with van der Waals surface area (Å²) in [6.45, 7) is 4.91. The van der Waals surface area contributed by atoms with Crippen LogP contribution in [0.3, 0.4) is 0 Å². The van der Waals surface area contributed by atoms with E-state index in [9.17, 15) is 26.4 Å². The molecule has 1 amide bonds. The molecule has 152 valence electrons. The number of nitrogens with one attached hydrogen (secondary N) is 1. The molecule has 26 heavy (non-hydrogen) atoms. The molecular formula is C17H29F3N2O3S. The van der Waals surface area contributed by atoms with E-state index >= 15 is 0 Å². The van der Waals surface area contributed by atoms with Crippen LogP contribution in [0.25, 0.3) is 0 Å². The molecule has 5 nitrogen and oxygen atoms in total. The van der Waals surface area contributed by atoms with Crippen LogP contribution in [0.1, 0.15) is 52.9 Å². The Labute approximate surface area is 153 Å². The molecule has 2 fully saturated rings. The van der Waals surface area contributed by atoms with Gasteiger partial charge in [0.1, 0.15) is 5.75 Å². The van der Waals surface area contributed by atoms with Gasteiger partial charge < -0.3 is 4.90 Å². The Balaban J connectivity index is 1.93. The van der Waals surface area contributed by atoms with Crippen molar-refractivity contribution in [3.05, 3.63) is 0 Å². The number of likely N-dealkylation sites (tertiary alicyclic amines) is 1. The number of amides is 1. The molecule has 1 aliphatic heterocycles. The molecule has 2 aliphatic rings. The van der Waals surface area contributed by atoms with Gasteiger partial charge in [0.2, 0.25) is 15.9 Å². The number of carbonyl (C=O) groups excluding carboxylic acids is 1. The zero-order chi connectivity index (χ0) is 19.8. The van der Waals surface area contributed by atoms with E-state index in [0.29, 0.717) is 5.92 Å². The van der Waals surface area contributed by atoms with Crippen molar-refractivity contribution in [2.45, 2.75) is 65.1 Å². The first kappa shape index (κ1) is 21.5. The second kappa shape index (κ2) is 7.66. The zero-order valence-electron chi connectivity index (χ0n) is 15.6. The van der Waals surface area contributed by atoms with Gasteiger partial charge in [-0.25, -0.2) is 13.1 Å². The summed E-state index contributed by atoms with van der Waals surface area (Å²) in [5, 5.41) is 0. The molecule has 1 aliphatic carbocycles. The molecule has 0 bridgehead atoms. The van der Waals surface area contributed by atoms with E-state index in [0.717, 1.165) is 25.7 Å². The molecule has 0 spiro atoms. The van der Waals surface area contributed by atoms with Crippen molar-refractivity contribution in [2.75, 3.05) is 18.8 Å². The lowest BCUT2D eigenvalue weighted by Gasteiger charge is -2.44. The number of hydrogen-bond acceptors (Lipinski definition) is 3. The maximum atomic E-state index is 13.1. The lowest BCUT2D eigenvalue weighted by molar-refractivity contribution is -0.217. The van der Waals surface area contributed by atoms with E-state index in [1.807, 2.05) is 0 Å². The molecule has 9 heteroatoms. The van der Waals surface area contributed by atoms with Gasteiger partial charge in [-0.1, -0.05) is 20.8 Å². The van der Waals surface area contributed by atoms with Crippen molar-refractivity contribution < 1.29 is 26.4 Å². The third-order valence-electron chi connectivity index (χ3n) is 5.65. The third-order valence-corrected chi connectivity index (χ3v) is 6.97. The zero-order valence-corrected chi connectivity index (χ0v) is 16.4. The average Bonchev–Trinajstić information content (AvgIpc) is 2.46. The Morgan fingerprint density at radius 2 is 1.73 bits per heavy atom. The highest BCUT2D eigenvalue weighted by molar-refractivity contribution is 7.90. The molecule has 0 aromatic heterocycles. The molecule has 0 aromatic rings. The summed E-state index contributed by atoms with van der Waals surface area (Å²) in [5.74, 6) is -2.24. The summed E-state index contributed by atoms with van der Waals surface area (Å²) < 4.78 is 66.5. The van der Waals surface area contributed by atoms with Crippen LogP contribution in [-0.2, 0) is 14.8 Å². The van der Waals surface area contributed by atoms with Crippen LogP contribution in [-0.4, -0.2) is 50.3 Å². The van der Waals surface area contributed by atoms with Gasteiger partial charge in [-0.15, -0.1) is 0 Å². The van der Waals surface area contributed by atoms with E-state index in [1.165, 1.54) is 18.7 Å². The first-order chi connectivity index (χ1) is 11.8. The smallest absolute Gasteiger partial charge is 0.341 e. The van der Waals surface area contributed by atoms with Gasteiger partial charge in [-0.05, 0) is 43.4 Å². The molecule has 2 rings (SSSR count). The number of alkyl halides is 3. The van der Waals surface area contributed by atoms with Crippen LogP contribution >= 0.6 is 0 Å². The predicted molar refractivity (Wildman–Crippen MR) is 92.9 cm³/mol. The van der Waals surface area contributed by atoms with Gasteiger partial charge in [0.05, 0.1) is 5.92 Å². The summed E-state index contributed by atoms with van der Waals surface area (Å²) in [6.07, 6.45) is -1.13. The highest BCUT2D eigenvalue weighted by Gasteiger charge is 2.51. The molecule has 1 unspecified atom stereocenters. The summed E-state index contributed by atoms with van der Waals surface area (Å²) in [7, 11) is -3.79. The fourth-order valence-corrected chi connectivity index (χ4v) is 5.44. The maximum Gasteiger partial charge on any atom is 0.392 e. The van der Waals surface area contributed by atoms with Gasteiger partial charge in [-0.3, -0.25) is 4.79 Å². The van der Waals surface area contributed by atoms with Crippen LogP contribution in [0, 0.1) is 17.3 Å². The van der Waals surface area contributed by atoms with E-state index in [1.54, 1.807) is 0 Å². The van der Waals surface area contributed by atoms with Gasteiger partial charge in [0, 0.05) is 19.1 Å². The van der Waals surface area contributed by atoms with Gasteiger partial charge in [0.25, 0.3) is 0 Å². The Kier molecular flexibility index (Phi) is 6.32. The Morgan fingerprint density at radius 1 is 1.15 bits per heavy atom. The van der Waals surface area contributed by atoms with Crippen LogP contribution in [0.2, 0.25) is 0 Å². The standard InChI is InChI=1S/C17H29F3N2O3S/c1-12-4-6-13(7-5-12)21-26(24,25)10-15(23)22-9-8-14(17(18,19)20)16(2,3)11-22/h12-14,21H,4-11H2,1-3H3. The minimum Gasteiger partial charge on any atom is -0.341 e. The Morgan fingerprint density at radius 3 is 2.23 bits per heavy atom. The fraction of sp³-hybridized carbons (Fsp3) is 0.941. The van der Waals surface area contributed by atoms with Crippen LogP contribution in [0.5, 0.6) is 0 Å². The maximum absolute atomic E-state index is 13.1. The second-order valence-electron chi connectivity index (χ2n) is 8.52. The minimum absolute atomic E-state index is 0.0666. The third kappa shape index (κ3) is 5.58. The molecule has 0 aromatic carbocycles. The monoisotopic (exact) mass is 398 g/mol. The summed E-state index contributed by atoms with van der Waals surface area (Å²) in [6, 6.07) is -0.156. The Bertz CT molecular complexity index is 611. The minimum atomic E-state index is -4.32. The van der Waals surface area contributed by atoms with Crippen molar-refractivity contribution >= 4 is 15.9 Å². The van der Waals surface area contributed by atoms with Gasteiger partial charge in [0.15, 0.2) is 0 Å². The van der Waals surface area contributed by atoms with Crippen molar-refractivity contribution in [1.82, 2.24) is 9.62 Å². The first-order valence-electron chi connectivity index (χ1n) is 9.14. The molecule has 1 N–H and O–H groups in total. The number of piperidine rings is 1. The van der Waals surface area contributed by atoms with Crippen LogP contribution < -0.4 is 4.72 Å². The van der Waals surface area contributed by atoms with E-state index < -0.39 is 39.2 Å². The van der Waals surface area contributed by atoms with Crippen molar-refractivity contribution in [3.8, 4) is 0 Å². The van der Waals surface area contributed by atoms with Gasteiger partial charge in [-0.2, -0.15) is 13.2 Å². The van der Waals surface area contributed by atoms with E-state index in [4.69, 9.17) is 0 Å². The van der Waals surface area contributed by atoms with Crippen molar-refractivity contribution in [1.29, 1.82) is 0 Å². The molecular weight excluding hydrogens is 369 g/mol. The molecule has 1 atom stereocenters. The molecule has 1 saturated heterocycles. The predicted octanol–water partition coefficient (Wildman–Crippen LogP) is 2.92. The van der Waals surface area contributed by atoms with Crippen LogP contribution in [0.4, 0.5) is 13.2 Å². The second-order valence-corrected chi connectivity index (χ2v) is 10.3. The average molecular weight is 398 g/mol. The lowest BCUT2D eigenvalue weighted by Crippen LogP contribution is -2.54.